The highest BCUT2D eigenvalue weighted by Crippen LogP contribution is 2.35. The molecule has 146 valence electrons. The minimum absolute atomic E-state index is 0.182. The van der Waals surface area contributed by atoms with E-state index in [4.69, 9.17) is 14.2 Å². The fraction of sp³-hybridized carbons (Fsp3) is 0.250. The van der Waals surface area contributed by atoms with E-state index in [9.17, 15) is 0 Å². The molecular formula is C24H27NO3. The molecule has 3 aromatic rings. The van der Waals surface area contributed by atoms with Crippen molar-refractivity contribution >= 4 is 0 Å². The summed E-state index contributed by atoms with van der Waals surface area (Å²) in [7, 11) is 4.94. The van der Waals surface area contributed by atoms with E-state index in [1.165, 1.54) is 11.1 Å². The summed E-state index contributed by atoms with van der Waals surface area (Å²) in [6.07, 6.45) is 0.903. The highest BCUT2D eigenvalue weighted by molar-refractivity contribution is 5.50. The van der Waals surface area contributed by atoms with Crippen LogP contribution in [0.1, 0.15) is 22.7 Å². The van der Waals surface area contributed by atoms with Crippen LogP contribution < -0.4 is 19.5 Å². The molecule has 0 bridgehead atoms. The predicted octanol–water partition coefficient (Wildman–Crippen LogP) is 4.79. The minimum atomic E-state index is 0.182. The van der Waals surface area contributed by atoms with Crippen LogP contribution in [-0.2, 0) is 13.0 Å². The molecule has 0 aliphatic carbocycles. The van der Waals surface area contributed by atoms with Gasteiger partial charge in [-0.15, -0.1) is 0 Å². The van der Waals surface area contributed by atoms with Crippen molar-refractivity contribution in [3.63, 3.8) is 0 Å². The van der Waals surface area contributed by atoms with Crippen LogP contribution in [0, 0.1) is 0 Å². The van der Waals surface area contributed by atoms with Crippen molar-refractivity contribution < 1.29 is 14.2 Å². The first-order valence-corrected chi connectivity index (χ1v) is 9.36. The Balaban J connectivity index is 1.83. The van der Waals surface area contributed by atoms with E-state index in [0.29, 0.717) is 18.0 Å². The molecule has 0 radical (unpaired) electrons. The third-order valence-electron chi connectivity index (χ3n) is 4.81. The van der Waals surface area contributed by atoms with Crippen molar-refractivity contribution in [3.8, 4) is 17.2 Å². The van der Waals surface area contributed by atoms with Gasteiger partial charge >= 0.3 is 0 Å². The summed E-state index contributed by atoms with van der Waals surface area (Å²) in [6.45, 7) is 0.649. The molecule has 0 spiro atoms. The van der Waals surface area contributed by atoms with Gasteiger partial charge in [-0.25, -0.2) is 0 Å². The molecule has 0 amide bonds. The zero-order chi connectivity index (χ0) is 19.8. The van der Waals surface area contributed by atoms with E-state index in [1.54, 1.807) is 21.3 Å². The summed E-state index contributed by atoms with van der Waals surface area (Å²) >= 11 is 0. The first kappa shape index (κ1) is 19.8. The summed E-state index contributed by atoms with van der Waals surface area (Å²) in [5, 5.41) is 3.69. The van der Waals surface area contributed by atoms with Gasteiger partial charge in [-0.2, -0.15) is 0 Å². The zero-order valence-corrected chi connectivity index (χ0v) is 16.6. The summed E-state index contributed by atoms with van der Waals surface area (Å²) < 4.78 is 16.4. The fourth-order valence-electron chi connectivity index (χ4n) is 3.31. The molecule has 0 aromatic heterocycles. The highest BCUT2D eigenvalue weighted by Gasteiger charge is 2.15. The smallest absolute Gasteiger partial charge is 0.164 e. The minimum Gasteiger partial charge on any atom is -0.496 e. The van der Waals surface area contributed by atoms with Crippen molar-refractivity contribution in [1.29, 1.82) is 0 Å². The molecule has 1 atom stereocenters. The van der Waals surface area contributed by atoms with Crippen LogP contribution in [0.25, 0.3) is 0 Å². The van der Waals surface area contributed by atoms with Gasteiger partial charge in [0.25, 0.3) is 0 Å². The largest absolute Gasteiger partial charge is 0.496 e. The number of hydrogen-bond acceptors (Lipinski definition) is 4. The van der Waals surface area contributed by atoms with Gasteiger partial charge in [0.05, 0.1) is 21.3 Å². The zero-order valence-electron chi connectivity index (χ0n) is 16.6. The van der Waals surface area contributed by atoms with Crippen LogP contribution in [0.2, 0.25) is 0 Å². The van der Waals surface area contributed by atoms with Gasteiger partial charge in [0.15, 0.2) is 11.5 Å². The van der Waals surface area contributed by atoms with E-state index in [-0.39, 0.29) is 6.04 Å². The summed E-state index contributed by atoms with van der Waals surface area (Å²) in [5.74, 6) is 2.13. The number of nitrogens with one attached hydrogen (secondary N) is 1. The SMILES string of the molecule is COc1cc(OC)c(OC)cc1CN[C@@H](Cc1ccccc1)c1ccccc1. The maximum Gasteiger partial charge on any atom is 0.164 e. The Bertz CT molecular complexity index is 866. The molecular weight excluding hydrogens is 350 g/mol. The van der Waals surface area contributed by atoms with Gasteiger partial charge in [0, 0.05) is 24.2 Å². The van der Waals surface area contributed by atoms with Crippen LogP contribution >= 0.6 is 0 Å². The first-order chi connectivity index (χ1) is 13.7. The van der Waals surface area contributed by atoms with Crippen molar-refractivity contribution in [2.75, 3.05) is 21.3 Å². The Morgan fingerprint density at radius 3 is 1.89 bits per heavy atom. The van der Waals surface area contributed by atoms with E-state index in [0.717, 1.165) is 17.7 Å². The van der Waals surface area contributed by atoms with Gasteiger partial charge in [-0.3, -0.25) is 0 Å². The lowest BCUT2D eigenvalue weighted by atomic mass is 9.98. The lowest BCUT2D eigenvalue weighted by Crippen LogP contribution is -2.23. The highest BCUT2D eigenvalue weighted by atomic mass is 16.5. The molecule has 0 saturated carbocycles. The molecule has 0 fully saturated rings. The number of methoxy groups -OCH3 is 3. The van der Waals surface area contributed by atoms with E-state index in [2.05, 4.69) is 53.8 Å². The number of ether oxygens (including phenoxy) is 3. The third kappa shape index (κ3) is 4.84. The Labute approximate surface area is 167 Å². The third-order valence-corrected chi connectivity index (χ3v) is 4.81. The van der Waals surface area contributed by atoms with Crippen LogP contribution in [0.5, 0.6) is 17.2 Å². The summed E-state index contributed by atoms with van der Waals surface area (Å²) in [6, 6.07) is 25.0. The molecule has 0 saturated heterocycles. The average Bonchev–Trinajstić information content (AvgIpc) is 2.77. The number of rotatable bonds is 9. The monoisotopic (exact) mass is 377 g/mol. The first-order valence-electron chi connectivity index (χ1n) is 9.36. The van der Waals surface area contributed by atoms with Gasteiger partial charge in [-0.05, 0) is 23.6 Å². The average molecular weight is 377 g/mol. The fourth-order valence-corrected chi connectivity index (χ4v) is 3.31. The Hall–Kier alpha value is -2.98. The van der Waals surface area contributed by atoms with Crippen molar-refractivity contribution in [2.24, 2.45) is 0 Å². The maximum atomic E-state index is 5.57. The van der Waals surface area contributed by atoms with Crippen molar-refractivity contribution in [3.05, 3.63) is 89.5 Å². The Morgan fingerprint density at radius 1 is 0.714 bits per heavy atom. The molecule has 1 N–H and O–H groups in total. The molecule has 0 heterocycles. The second-order valence-corrected chi connectivity index (χ2v) is 6.55. The topological polar surface area (TPSA) is 39.7 Å². The molecule has 3 rings (SSSR count). The second kappa shape index (κ2) is 9.81. The second-order valence-electron chi connectivity index (χ2n) is 6.55. The Morgan fingerprint density at radius 2 is 1.29 bits per heavy atom. The maximum absolute atomic E-state index is 5.57. The van der Waals surface area contributed by atoms with E-state index in [1.807, 2.05) is 24.3 Å². The molecule has 3 aromatic carbocycles. The molecule has 0 aliphatic heterocycles. The van der Waals surface area contributed by atoms with Crippen LogP contribution in [-0.4, -0.2) is 21.3 Å². The molecule has 0 unspecified atom stereocenters. The van der Waals surface area contributed by atoms with Gasteiger partial charge in [-0.1, -0.05) is 60.7 Å². The van der Waals surface area contributed by atoms with Crippen LogP contribution in [0.4, 0.5) is 0 Å². The van der Waals surface area contributed by atoms with Gasteiger partial charge in [0.2, 0.25) is 0 Å². The Kier molecular flexibility index (Phi) is 6.93. The molecule has 0 aliphatic rings. The lowest BCUT2D eigenvalue weighted by molar-refractivity contribution is 0.346. The molecule has 4 nitrogen and oxygen atoms in total. The number of benzene rings is 3. The molecule has 4 heteroatoms. The van der Waals surface area contributed by atoms with Crippen molar-refractivity contribution in [1.82, 2.24) is 5.32 Å². The van der Waals surface area contributed by atoms with Gasteiger partial charge < -0.3 is 19.5 Å². The normalized spacial score (nSPS) is 11.7. The standard InChI is InChI=1S/C24H27NO3/c1-26-22-16-24(28-3)23(27-2)15-20(22)17-25-21(19-12-8-5-9-13-19)14-18-10-6-4-7-11-18/h4-13,15-16,21,25H,14,17H2,1-3H3/t21-/m0/s1. The summed E-state index contributed by atoms with van der Waals surface area (Å²) in [5.41, 5.74) is 3.57. The van der Waals surface area contributed by atoms with Crippen molar-refractivity contribution in [2.45, 2.75) is 19.0 Å². The van der Waals surface area contributed by atoms with Crippen LogP contribution in [0.15, 0.2) is 72.8 Å². The molecule has 28 heavy (non-hydrogen) atoms. The van der Waals surface area contributed by atoms with E-state index >= 15 is 0 Å². The van der Waals surface area contributed by atoms with E-state index < -0.39 is 0 Å². The quantitative estimate of drug-likeness (QED) is 0.582. The predicted molar refractivity (Wildman–Crippen MR) is 112 cm³/mol. The lowest BCUT2D eigenvalue weighted by Gasteiger charge is -2.21. The van der Waals surface area contributed by atoms with Gasteiger partial charge in [0.1, 0.15) is 5.75 Å². The summed E-state index contributed by atoms with van der Waals surface area (Å²) in [4.78, 5) is 0. The van der Waals surface area contributed by atoms with Crippen LogP contribution in [0.3, 0.4) is 0 Å². The number of hydrogen-bond donors (Lipinski definition) is 1.